The molecule has 1 heterocycles. The van der Waals surface area contributed by atoms with Gasteiger partial charge in [-0.05, 0) is 42.5 Å². The molecule has 1 N–H and O–H groups in total. The largest absolute Gasteiger partial charge is 0.468 e. The molecule has 0 aliphatic heterocycles. The van der Waals surface area contributed by atoms with Crippen LogP contribution >= 0.6 is 0 Å². The summed E-state index contributed by atoms with van der Waals surface area (Å²) in [7, 11) is -3.91. The number of anilines is 1. The van der Waals surface area contributed by atoms with Crippen molar-refractivity contribution in [2.24, 2.45) is 0 Å². The molecule has 0 saturated heterocycles. The number of ether oxygens (including phenoxy) is 1. The number of amides is 1. The van der Waals surface area contributed by atoms with Gasteiger partial charge in [0.2, 0.25) is 10.0 Å². The third-order valence-electron chi connectivity index (χ3n) is 4.32. The Morgan fingerprint density at radius 3 is 2.53 bits per heavy atom. The number of furan rings is 1. The highest BCUT2D eigenvalue weighted by Gasteiger charge is 2.20. The molecule has 1 amide bonds. The van der Waals surface area contributed by atoms with Crippen molar-refractivity contribution >= 4 is 27.6 Å². The smallest absolute Gasteiger partial charge is 0.338 e. The number of rotatable bonds is 9. The minimum atomic E-state index is -3.91. The highest BCUT2D eigenvalue weighted by molar-refractivity contribution is 7.89. The van der Waals surface area contributed by atoms with Crippen LogP contribution in [0.4, 0.5) is 5.69 Å². The fourth-order valence-corrected chi connectivity index (χ4v) is 3.78. The van der Waals surface area contributed by atoms with Crippen LogP contribution in [0, 0.1) is 11.3 Å². The molecule has 0 spiro atoms. The molecule has 0 fully saturated rings. The number of para-hydroxylation sites is 1. The zero-order chi connectivity index (χ0) is 23.0. The first-order valence-electron chi connectivity index (χ1n) is 9.42. The molecule has 9 nitrogen and oxygen atoms in total. The van der Waals surface area contributed by atoms with Crippen LogP contribution < -0.4 is 9.62 Å². The number of nitrogens with zero attached hydrogens (tertiary/aromatic N) is 2. The van der Waals surface area contributed by atoms with Gasteiger partial charge in [0.25, 0.3) is 5.91 Å². The highest BCUT2D eigenvalue weighted by Crippen LogP contribution is 2.15. The maximum atomic E-state index is 12.5. The Hall–Kier alpha value is -3.94. The van der Waals surface area contributed by atoms with Crippen molar-refractivity contribution < 1.29 is 27.2 Å². The molecule has 0 unspecified atom stereocenters. The standard InChI is InChI=1S/C22H19N3O6S/c23-11-12-25(18-7-2-1-3-8-18)21(26)16-31-22(27)17-6-4-10-20(14-17)32(28,29)24-15-19-9-5-13-30-19/h1-10,13-14,24H,12,15-16H2. The average Bonchev–Trinajstić information content (AvgIpc) is 3.34. The van der Waals surface area contributed by atoms with E-state index in [1.807, 2.05) is 6.07 Å². The summed E-state index contributed by atoms with van der Waals surface area (Å²) in [5.74, 6) is -1.02. The van der Waals surface area contributed by atoms with Gasteiger partial charge in [-0.1, -0.05) is 24.3 Å². The Morgan fingerprint density at radius 1 is 1.06 bits per heavy atom. The highest BCUT2D eigenvalue weighted by atomic mass is 32.2. The molecule has 0 bridgehead atoms. The number of nitrogens with one attached hydrogen (secondary N) is 1. The van der Waals surface area contributed by atoms with E-state index in [1.54, 1.807) is 42.5 Å². The van der Waals surface area contributed by atoms with E-state index in [1.165, 1.54) is 29.4 Å². The van der Waals surface area contributed by atoms with E-state index in [9.17, 15) is 18.0 Å². The molecule has 2 aromatic carbocycles. The minimum absolute atomic E-state index is 0.0368. The Labute approximate surface area is 184 Å². The second kappa shape index (κ2) is 10.4. The summed E-state index contributed by atoms with van der Waals surface area (Å²) in [6, 6.07) is 18.9. The van der Waals surface area contributed by atoms with E-state index in [4.69, 9.17) is 14.4 Å². The predicted octanol–water partition coefficient (Wildman–Crippen LogP) is 2.47. The zero-order valence-corrected chi connectivity index (χ0v) is 17.6. The number of sulfonamides is 1. The van der Waals surface area contributed by atoms with E-state index >= 15 is 0 Å². The predicted molar refractivity (Wildman–Crippen MR) is 114 cm³/mol. The van der Waals surface area contributed by atoms with E-state index in [-0.39, 0.29) is 23.5 Å². The quantitative estimate of drug-likeness (QED) is 0.389. The van der Waals surface area contributed by atoms with Crippen LogP contribution in [0.3, 0.4) is 0 Å². The monoisotopic (exact) mass is 453 g/mol. The zero-order valence-electron chi connectivity index (χ0n) is 16.8. The van der Waals surface area contributed by atoms with Gasteiger partial charge in [-0.15, -0.1) is 0 Å². The molecule has 164 valence electrons. The Kier molecular flexibility index (Phi) is 7.38. The number of carbonyl (C=O) groups is 2. The molecule has 0 atom stereocenters. The fraction of sp³-hybridized carbons (Fsp3) is 0.136. The van der Waals surface area contributed by atoms with Crippen molar-refractivity contribution in [1.82, 2.24) is 4.72 Å². The normalized spacial score (nSPS) is 10.8. The third-order valence-corrected chi connectivity index (χ3v) is 5.72. The molecular formula is C22H19N3O6S. The van der Waals surface area contributed by atoms with Gasteiger partial charge in [0.1, 0.15) is 12.3 Å². The van der Waals surface area contributed by atoms with Crippen molar-refractivity contribution in [2.45, 2.75) is 11.4 Å². The maximum absolute atomic E-state index is 12.5. The van der Waals surface area contributed by atoms with Crippen molar-refractivity contribution in [3.8, 4) is 6.07 Å². The van der Waals surface area contributed by atoms with Crippen LogP contribution in [0.15, 0.2) is 82.3 Å². The van der Waals surface area contributed by atoms with Gasteiger partial charge >= 0.3 is 5.97 Å². The van der Waals surface area contributed by atoms with E-state index < -0.39 is 28.5 Å². The average molecular weight is 453 g/mol. The molecule has 0 aliphatic carbocycles. The number of carbonyl (C=O) groups excluding carboxylic acids is 2. The van der Waals surface area contributed by atoms with Crippen LogP contribution in [-0.4, -0.2) is 33.4 Å². The van der Waals surface area contributed by atoms with E-state index in [0.29, 0.717) is 11.4 Å². The number of esters is 1. The number of hydrogen-bond acceptors (Lipinski definition) is 7. The number of hydrogen-bond donors (Lipinski definition) is 1. The van der Waals surface area contributed by atoms with Gasteiger partial charge in [-0.25, -0.2) is 17.9 Å². The van der Waals surface area contributed by atoms with Gasteiger partial charge in [-0.3, -0.25) is 9.69 Å². The lowest BCUT2D eigenvalue weighted by molar-refractivity contribution is -0.121. The van der Waals surface area contributed by atoms with Gasteiger partial charge in [0.05, 0.1) is 29.3 Å². The summed E-state index contributed by atoms with van der Waals surface area (Å²) in [5, 5.41) is 8.99. The summed E-state index contributed by atoms with van der Waals surface area (Å²) in [4.78, 5) is 25.9. The first-order chi connectivity index (χ1) is 15.4. The first-order valence-corrected chi connectivity index (χ1v) is 10.9. The van der Waals surface area contributed by atoms with Crippen molar-refractivity contribution in [3.63, 3.8) is 0 Å². The SMILES string of the molecule is N#CCN(C(=O)COC(=O)c1cccc(S(=O)(=O)NCc2ccco2)c1)c1ccccc1. The second-order valence-electron chi connectivity index (χ2n) is 6.48. The molecule has 3 rings (SSSR count). The Bertz CT molecular complexity index is 1220. The van der Waals surface area contributed by atoms with Crippen LogP contribution in [0.25, 0.3) is 0 Å². The molecule has 0 aliphatic rings. The lowest BCUT2D eigenvalue weighted by atomic mass is 10.2. The lowest BCUT2D eigenvalue weighted by Crippen LogP contribution is -2.35. The molecule has 1 aromatic heterocycles. The molecule has 3 aromatic rings. The van der Waals surface area contributed by atoms with Crippen LogP contribution in [0.1, 0.15) is 16.1 Å². The van der Waals surface area contributed by atoms with Gasteiger partial charge in [0.15, 0.2) is 6.61 Å². The molecule has 0 saturated carbocycles. The van der Waals surface area contributed by atoms with Crippen molar-refractivity contribution in [3.05, 3.63) is 84.3 Å². The summed E-state index contributed by atoms with van der Waals surface area (Å²) in [6.07, 6.45) is 1.43. The fourth-order valence-electron chi connectivity index (χ4n) is 2.74. The number of nitriles is 1. The van der Waals surface area contributed by atoms with Gasteiger partial charge < -0.3 is 9.15 Å². The van der Waals surface area contributed by atoms with Crippen LogP contribution in [-0.2, 0) is 26.1 Å². The van der Waals surface area contributed by atoms with Gasteiger partial charge in [0, 0.05) is 5.69 Å². The molecule has 10 heteroatoms. The maximum Gasteiger partial charge on any atom is 0.338 e. The third kappa shape index (κ3) is 5.81. The van der Waals surface area contributed by atoms with Crippen molar-refractivity contribution in [2.75, 3.05) is 18.1 Å². The lowest BCUT2D eigenvalue weighted by Gasteiger charge is -2.19. The molecular weight excluding hydrogens is 434 g/mol. The van der Waals surface area contributed by atoms with Crippen molar-refractivity contribution in [1.29, 1.82) is 5.26 Å². The van der Waals surface area contributed by atoms with Crippen LogP contribution in [0.2, 0.25) is 0 Å². The summed E-state index contributed by atoms with van der Waals surface area (Å²) < 4.78 is 37.5. The summed E-state index contributed by atoms with van der Waals surface area (Å²) in [5.41, 5.74) is 0.455. The number of benzene rings is 2. The minimum Gasteiger partial charge on any atom is -0.468 e. The summed E-state index contributed by atoms with van der Waals surface area (Å²) >= 11 is 0. The topological polar surface area (TPSA) is 130 Å². The van der Waals surface area contributed by atoms with Gasteiger partial charge in [-0.2, -0.15) is 5.26 Å². The molecule has 0 radical (unpaired) electrons. The van der Waals surface area contributed by atoms with E-state index in [0.717, 1.165) is 6.07 Å². The second-order valence-corrected chi connectivity index (χ2v) is 8.25. The first kappa shape index (κ1) is 22.7. The van der Waals surface area contributed by atoms with Crippen LogP contribution in [0.5, 0.6) is 0 Å². The van der Waals surface area contributed by atoms with E-state index in [2.05, 4.69) is 4.72 Å². The Morgan fingerprint density at radius 2 is 1.84 bits per heavy atom. The molecule has 32 heavy (non-hydrogen) atoms. The summed E-state index contributed by atoms with van der Waals surface area (Å²) in [6.45, 7) is -0.870. The Balaban J connectivity index is 1.65.